The molecule has 1 fully saturated rings. The van der Waals surface area contributed by atoms with Gasteiger partial charge in [0.25, 0.3) is 0 Å². The third-order valence-corrected chi connectivity index (χ3v) is 3.38. The van der Waals surface area contributed by atoms with Gasteiger partial charge in [0.2, 0.25) is 0 Å². The van der Waals surface area contributed by atoms with Gasteiger partial charge < -0.3 is 10.1 Å². The smallest absolute Gasteiger partial charge is 0.107 e. The maximum atomic E-state index is 5.96. The Kier molecular flexibility index (Phi) is 1.70. The maximum absolute atomic E-state index is 5.96. The second-order valence-corrected chi connectivity index (χ2v) is 4.37. The van der Waals surface area contributed by atoms with Crippen molar-refractivity contribution in [3.05, 3.63) is 34.9 Å². The molecule has 1 saturated heterocycles. The van der Waals surface area contributed by atoms with Gasteiger partial charge in [-0.05, 0) is 31.0 Å². The van der Waals surface area contributed by atoms with Crippen LogP contribution in [0.4, 0.5) is 0 Å². The number of ether oxygens (including phenoxy) is 1. The highest BCUT2D eigenvalue weighted by Crippen LogP contribution is 2.41. The summed E-state index contributed by atoms with van der Waals surface area (Å²) in [5.41, 5.74) is 4.13. The molecule has 3 rings (SSSR count). The van der Waals surface area contributed by atoms with Crippen molar-refractivity contribution in [1.82, 2.24) is 5.32 Å². The Morgan fingerprint density at radius 1 is 1.43 bits per heavy atom. The van der Waals surface area contributed by atoms with E-state index in [4.69, 9.17) is 4.74 Å². The van der Waals surface area contributed by atoms with Gasteiger partial charge >= 0.3 is 0 Å². The first-order valence-electron chi connectivity index (χ1n) is 5.25. The minimum absolute atomic E-state index is 0.00134. The van der Waals surface area contributed by atoms with Gasteiger partial charge in [0.05, 0.1) is 6.61 Å². The number of nitrogens with one attached hydrogen (secondary N) is 1. The van der Waals surface area contributed by atoms with E-state index < -0.39 is 0 Å². The molecule has 2 aliphatic heterocycles. The van der Waals surface area contributed by atoms with E-state index in [9.17, 15) is 0 Å². The molecule has 1 unspecified atom stereocenters. The van der Waals surface area contributed by atoms with Crippen LogP contribution < -0.4 is 5.32 Å². The lowest BCUT2D eigenvalue weighted by Gasteiger charge is -2.22. The lowest BCUT2D eigenvalue weighted by atomic mass is 9.90. The predicted octanol–water partition coefficient (Wildman–Crippen LogP) is 1.71. The lowest BCUT2D eigenvalue weighted by molar-refractivity contribution is -0.0218. The normalized spacial score (nSPS) is 29.8. The highest BCUT2D eigenvalue weighted by molar-refractivity contribution is 5.39. The van der Waals surface area contributed by atoms with E-state index in [-0.39, 0.29) is 5.60 Å². The Morgan fingerprint density at radius 3 is 3.14 bits per heavy atom. The average molecular weight is 189 g/mol. The number of aryl methyl sites for hydroxylation is 1. The Labute approximate surface area is 84.3 Å². The topological polar surface area (TPSA) is 21.3 Å². The van der Waals surface area contributed by atoms with Crippen LogP contribution in [-0.2, 0) is 16.9 Å². The van der Waals surface area contributed by atoms with Gasteiger partial charge in [-0.15, -0.1) is 0 Å². The quantitative estimate of drug-likeness (QED) is 0.671. The summed E-state index contributed by atoms with van der Waals surface area (Å²) >= 11 is 0. The van der Waals surface area contributed by atoms with Crippen molar-refractivity contribution in [3.63, 3.8) is 0 Å². The third-order valence-electron chi connectivity index (χ3n) is 3.38. The highest BCUT2D eigenvalue weighted by Gasteiger charge is 2.42. The minimum atomic E-state index is 0.00134. The first-order valence-corrected chi connectivity index (χ1v) is 5.25. The van der Waals surface area contributed by atoms with Gasteiger partial charge in [0, 0.05) is 6.54 Å². The summed E-state index contributed by atoms with van der Waals surface area (Å²) in [5, 5.41) is 3.39. The van der Waals surface area contributed by atoms with Gasteiger partial charge in [0.15, 0.2) is 0 Å². The monoisotopic (exact) mass is 189 g/mol. The number of fused-ring (bicyclic) bond motifs is 2. The van der Waals surface area contributed by atoms with Crippen molar-refractivity contribution in [1.29, 1.82) is 0 Å². The highest BCUT2D eigenvalue weighted by atomic mass is 16.5. The molecule has 0 saturated carbocycles. The zero-order chi connectivity index (χ0) is 9.60. The van der Waals surface area contributed by atoms with E-state index >= 15 is 0 Å². The first-order chi connectivity index (χ1) is 6.80. The second-order valence-electron chi connectivity index (χ2n) is 4.37. The largest absolute Gasteiger partial charge is 0.364 e. The standard InChI is InChI=1S/C12H15NO/c1-9-2-3-10-7-14-12(11(10)6-9)4-5-13-8-12/h2-3,6,13H,4-5,7-8H2,1H3. The van der Waals surface area contributed by atoms with Crippen molar-refractivity contribution < 1.29 is 4.74 Å². The van der Waals surface area contributed by atoms with E-state index in [0.29, 0.717) is 0 Å². The molecule has 1 N–H and O–H groups in total. The zero-order valence-corrected chi connectivity index (χ0v) is 8.47. The second kappa shape index (κ2) is 2.81. The van der Waals surface area contributed by atoms with Crippen molar-refractivity contribution in [2.45, 2.75) is 25.6 Å². The molecule has 0 radical (unpaired) electrons. The molecular weight excluding hydrogens is 174 g/mol. The molecule has 2 nitrogen and oxygen atoms in total. The van der Waals surface area contributed by atoms with Crippen molar-refractivity contribution in [3.8, 4) is 0 Å². The molecule has 0 bridgehead atoms. The number of hydrogen-bond acceptors (Lipinski definition) is 2. The molecule has 2 heterocycles. The van der Waals surface area contributed by atoms with Crippen LogP contribution in [0.5, 0.6) is 0 Å². The van der Waals surface area contributed by atoms with Gasteiger partial charge in [-0.1, -0.05) is 23.8 Å². The molecule has 1 spiro atoms. The molecular formula is C12H15NO. The maximum Gasteiger partial charge on any atom is 0.107 e. The van der Waals surface area contributed by atoms with E-state index in [0.717, 1.165) is 26.1 Å². The Hall–Kier alpha value is -0.860. The van der Waals surface area contributed by atoms with Crippen LogP contribution in [0.25, 0.3) is 0 Å². The molecule has 1 aromatic carbocycles. The summed E-state index contributed by atoms with van der Waals surface area (Å²) in [6, 6.07) is 6.66. The van der Waals surface area contributed by atoms with E-state index in [2.05, 4.69) is 30.4 Å². The zero-order valence-electron chi connectivity index (χ0n) is 8.47. The molecule has 1 atom stereocenters. The van der Waals surface area contributed by atoms with E-state index in [1.165, 1.54) is 16.7 Å². The molecule has 0 amide bonds. The summed E-state index contributed by atoms with van der Waals surface area (Å²) < 4.78 is 5.96. The van der Waals surface area contributed by atoms with Gasteiger partial charge in [-0.3, -0.25) is 0 Å². The van der Waals surface area contributed by atoms with E-state index in [1.807, 2.05) is 0 Å². The molecule has 0 aliphatic carbocycles. The number of hydrogen-bond donors (Lipinski definition) is 1. The minimum Gasteiger partial charge on any atom is -0.364 e. The number of benzene rings is 1. The summed E-state index contributed by atoms with van der Waals surface area (Å²) in [5.74, 6) is 0. The van der Waals surface area contributed by atoms with Crippen LogP contribution >= 0.6 is 0 Å². The molecule has 2 aliphatic rings. The van der Waals surface area contributed by atoms with Crippen LogP contribution in [0.1, 0.15) is 23.1 Å². The third kappa shape index (κ3) is 1.04. The van der Waals surface area contributed by atoms with Crippen molar-refractivity contribution in [2.75, 3.05) is 13.1 Å². The summed E-state index contributed by atoms with van der Waals surface area (Å²) in [6.07, 6.45) is 1.11. The van der Waals surface area contributed by atoms with Crippen molar-refractivity contribution in [2.24, 2.45) is 0 Å². The van der Waals surface area contributed by atoms with Crippen LogP contribution in [0, 0.1) is 6.92 Å². The number of rotatable bonds is 0. The van der Waals surface area contributed by atoms with Gasteiger partial charge in [-0.2, -0.15) is 0 Å². The van der Waals surface area contributed by atoms with Crippen LogP contribution in [0.3, 0.4) is 0 Å². The summed E-state index contributed by atoms with van der Waals surface area (Å²) in [7, 11) is 0. The summed E-state index contributed by atoms with van der Waals surface area (Å²) in [6.45, 7) is 4.99. The average Bonchev–Trinajstić information content (AvgIpc) is 2.77. The molecule has 74 valence electrons. The fourth-order valence-corrected chi connectivity index (χ4v) is 2.56. The fraction of sp³-hybridized carbons (Fsp3) is 0.500. The summed E-state index contributed by atoms with van der Waals surface area (Å²) in [4.78, 5) is 0. The van der Waals surface area contributed by atoms with Crippen LogP contribution in [-0.4, -0.2) is 13.1 Å². The van der Waals surface area contributed by atoms with Gasteiger partial charge in [0.1, 0.15) is 5.60 Å². The molecule has 14 heavy (non-hydrogen) atoms. The SMILES string of the molecule is Cc1ccc2c(c1)C1(CCNC1)OC2. The lowest BCUT2D eigenvalue weighted by Crippen LogP contribution is -2.27. The fourth-order valence-electron chi connectivity index (χ4n) is 2.56. The van der Waals surface area contributed by atoms with E-state index in [1.54, 1.807) is 0 Å². The first kappa shape index (κ1) is 8.45. The van der Waals surface area contributed by atoms with Crippen molar-refractivity contribution >= 4 is 0 Å². The Balaban J connectivity index is 2.12. The van der Waals surface area contributed by atoms with Crippen LogP contribution in [0.2, 0.25) is 0 Å². The predicted molar refractivity (Wildman–Crippen MR) is 55.1 cm³/mol. The Bertz CT molecular complexity index is 367. The molecule has 1 aromatic rings. The van der Waals surface area contributed by atoms with Crippen LogP contribution in [0.15, 0.2) is 18.2 Å². The van der Waals surface area contributed by atoms with Gasteiger partial charge in [-0.25, -0.2) is 0 Å². The molecule has 0 aromatic heterocycles. The molecule has 2 heteroatoms. The Morgan fingerprint density at radius 2 is 2.36 bits per heavy atom.